The highest BCUT2D eigenvalue weighted by Gasteiger charge is 2.45. The molecule has 0 heterocycles. The van der Waals surface area contributed by atoms with Crippen LogP contribution < -0.4 is 10.6 Å². The smallest absolute Gasteiger partial charge is 0.230 e. The zero-order chi connectivity index (χ0) is 20.9. The van der Waals surface area contributed by atoms with Gasteiger partial charge in [-0.15, -0.1) is 0 Å². The Morgan fingerprint density at radius 1 is 0.966 bits per heavy atom. The molecular formula is C25H32N2O2. The summed E-state index contributed by atoms with van der Waals surface area (Å²) in [5, 5.41) is 6.10. The van der Waals surface area contributed by atoms with Gasteiger partial charge >= 0.3 is 0 Å². The average Bonchev–Trinajstić information content (AvgIpc) is 2.66. The first-order valence-electron chi connectivity index (χ1n) is 10.6. The Morgan fingerprint density at radius 2 is 1.62 bits per heavy atom. The van der Waals surface area contributed by atoms with Crippen LogP contribution in [0.3, 0.4) is 0 Å². The fourth-order valence-corrected chi connectivity index (χ4v) is 3.68. The fraction of sp³-hybridized carbons (Fsp3) is 0.440. The molecule has 0 atom stereocenters. The second kappa shape index (κ2) is 8.81. The SMILES string of the molecule is CC(C)(C)C(=O)Nc1ccc(C2(C(=O)NCCCc3ccccc3)CCC2)cc1. The molecule has 0 saturated heterocycles. The maximum absolute atomic E-state index is 13.0. The van der Waals surface area contributed by atoms with E-state index in [1.165, 1.54) is 5.56 Å². The van der Waals surface area contributed by atoms with Crippen LogP contribution in [0.25, 0.3) is 0 Å². The maximum atomic E-state index is 13.0. The van der Waals surface area contributed by atoms with Crippen LogP contribution in [-0.4, -0.2) is 18.4 Å². The number of nitrogens with one attached hydrogen (secondary N) is 2. The largest absolute Gasteiger partial charge is 0.355 e. The first kappa shape index (κ1) is 21.1. The van der Waals surface area contributed by atoms with Gasteiger partial charge in [-0.1, -0.05) is 69.7 Å². The monoisotopic (exact) mass is 392 g/mol. The van der Waals surface area contributed by atoms with E-state index in [4.69, 9.17) is 0 Å². The molecule has 2 aromatic carbocycles. The molecule has 0 bridgehead atoms. The molecule has 2 aromatic rings. The predicted molar refractivity (Wildman–Crippen MR) is 118 cm³/mol. The Hall–Kier alpha value is -2.62. The number of hydrogen-bond acceptors (Lipinski definition) is 2. The van der Waals surface area contributed by atoms with Crippen molar-refractivity contribution in [2.75, 3.05) is 11.9 Å². The second-order valence-electron chi connectivity index (χ2n) is 9.06. The van der Waals surface area contributed by atoms with E-state index in [2.05, 4.69) is 22.8 Å². The van der Waals surface area contributed by atoms with E-state index in [9.17, 15) is 9.59 Å². The number of hydrogen-bond donors (Lipinski definition) is 2. The molecule has 1 aliphatic rings. The molecule has 1 aliphatic carbocycles. The molecule has 4 nitrogen and oxygen atoms in total. The van der Waals surface area contributed by atoms with Gasteiger partial charge in [0.15, 0.2) is 0 Å². The van der Waals surface area contributed by atoms with Crippen molar-refractivity contribution in [2.45, 2.75) is 58.3 Å². The first-order valence-corrected chi connectivity index (χ1v) is 10.6. The normalized spacial score (nSPS) is 15.3. The Bertz CT molecular complexity index is 831. The maximum Gasteiger partial charge on any atom is 0.230 e. The van der Waals surface area contributed by atoms with Crippen LogP contribution in [0.5, 0.6) is 0 Å². The van der Waals surface area contributed by atoms with Crippen molar-refractivity contribution in [3.63, 3.8) is 0 Å². The predicted octanol–water partition coefficient (Wildman–Crippen LogP) is 4.84. The molecular weight excluding hydrogens is 360 g/mol. The zero-order valence-electron chi connectivity index (χ0n) is 17.8. The third-order valence-corrected chi connectivity index (χ3v) is 5.79. The van der Waals surface area contributed by atoms with Crippen molar-refractivity contribution in [3.05, 3.63) is 65.7 Å². The van der Waals surface area contributed by atoms with Crippen LogP contribution in [0.2, 0.25) is 0 Å². The number of carbonyl (C=O) groups is 2. The molecule has 0 radical (unpaired) electrons. The molecule has 3 rings (SSSR count). The van der Waals surface area contributed by atoms with Gasteiger partial charge < -0.3 is 10.6 Å². The minimum atomic E-state index is -0.437. The number of anilines is 1. The van der Waals surface area contributed by atoms with E-state index in [1.807, 2.05) is 63.2 Å². The van der Waals surface area contributed by atoms with Crippen molar-refractivity contribution >= 4 is 17.5 Å². The summed E-state index contributed by atoms with van der Waals surface area (Å²) in [6, 6.07) is 18.1. The van der Waals surface area contributed by atoms with E-state index < -0.39 is 10.8 Å². The summed E-state index contributed by atoms with van der Waals surface area (Å²) in [5.74, 6) is 0.114. The molecule has 0 aliphatic heterocycles. The number of amides is 2. The molecule has 0 aromatic heterocycles. The van der Waals surface area contributed by atoms with Crippen molar-refractivity contribution in [1.29, 1.82) is 0 Å². The summed E-state index contributed by atoms with van der Waals surface area (Å²) in [7, 11) is 0. The molecule has 0 spiro atoms. The van der Waals surface area contributed by atoms with Crippen molar-refractivity contribution in [2.24, 2.45) is 5.41 Å². The average molecular weight is 393 g/mol. The lowest BCUT2D eigenvalue weighted by atomic mass is 9.63. The van der Waals surface area contributed by atoms with Gasteiger partial charge in [-0.25, -0.2) is 0 Å². The van der Waals surface area contributed by atoms with Gasteiger partial charge in [0.25, 0.3) is 0 Å². The van der Waals surface area contributed by atoms with E-state index in [0.29, 0.717) is 6.54 Å². The van der Waals surface area contributed by atoms with Gasteiger partial charge in [0.05, 0.1) is 5.41 Å². The zero-order valence-corrected chi connectivity index (χ0v) is 17.8. The van der Waals surface area contributed by atoms with Gasteiger partial charge in [-0.2, -0.15) is 0 Å². The topological polar surface area (TPSA) is 58.2 Å². The summed E-state index contributed by atoms with van der Waals surface area (Å²) < 4.78 is 0. The van der Waals surface area contributed by atoms with Crippen molar-refractivity contribution in [3.8, 4) is 0 Å². The second-order valence-corrected chi connectivity index (χ2v) is 9.06. The lowest BCUT2D eigenvalue weighted by molar-refractivity contribution is -0.130. The number of aryl methyl sites for hydroxylation is 1. The van der Waals surface area contributed by atoms with Gasteiger partial charge in [-0.05, 0) is 48.9 Å². The fourth-order valence-electron chi connectivity index (χ4n) is 3.68. The van der Waals surface area contributed by atoms with Crippen LogP contribution in [0, 0.1) is 5.41 Å². The van der Waals surface area contributed by atoms with Crippen LogP contribution in [0.1, 0.15) is 57.6 Å². The molecule has 4 heteroatoms. The minimum Gasteiger partial charge on any atom is -0.355 e. The molecule has 1 fully saturated rings. The van der Waals surface area contributed by atoms with Gasteiger partial charge in [0, 0.05) is 17.6 Å². The first-order chi connectivity index (χ1) is 13.8. The summed E-state index contributed by atoms with van der Waals surface area (Å²) >= 11 is 0. The Kier molecular flexibility index (Phi) is 6.41. The van der Waals surface area contributed by atoms with Crippen LogP contribution in [0.15, 0.2) is 54.6 Å². The van der Waals surface area contributed by atoms with E-state index in [1.54, 1.807) is 0 Å². The van der Waals surface area contributed by atoms with Gasteiger partial charge in [0.2, 0.25) is 11.8 Å². The third kappa shape index (κ3) is 5.06. The number of carbonyl (C=O) groups excluding carboxylic acids is 2. The highest BCUT2D eigenvalue weighted by atomic mass is 16.2. The molecule has 0 unspecified atom stereocenters. The van der Waals surface area contributed by atoms with Crippen molar-refractivity contribution < 1.29 is 9.59 Å². The number of benzene rings is 2. The summed E-state index contributed by atoms with van der Waals surface area (Å²) in [5.41, 5.74) is 2.25. The Labute approximate surface area is 174 Å². The lowest BCUT2D eigenvalue weighted by Crippen LogP contribution is -2.49. The number of rotatable bonds is 7. The van der Waals surface area contributed by atoms with Crippen molar-refractivity contribution in [1.82, 2.24) is 5.32 Å². The summed E-state index contributed by atoms with van der Waals surface area (Å²) in [6.07, 6.45) is 4.73. The highest BCUT2D eigenvalue weighted by molar-refractivity contribution is 5.94. The molecule has 2 N–H and O–H groups in total. The third-order valence-electron chi connectivity index (χ3n) is 5.79. The Balaban J connectivity index is 1.57. The standard InChI is InChI=1S/C25H32N2O2/c1-24(2,3)22(28)27-21-14-12-20(13-15-21)25(16-8-17-25)23(29)26-18-7-11-19-9-5-4-6-10-19/h4-6,9-10,12-15H,7-8,11,16-18H2,1-3H3,(H,26,29)(H,27,28). The molecule has 29 heavy (non-hydrogen) atoms. The molecule has 1 saturated carbocycles. The molecule has 154 valence electrons. The summed E-state index contributed by atoms with van der Waals surface area (Å²) in [4.78, 5) is 25.1. The van der Waals surface area contributed by atoms with Gasteiger partial charge in [-0.3, -0.25) is 9.59 Å². The quantitative estimate of drug-likeness (QED) is 0.662. The van der Waals surface area contributed by atoms with Gasteiger partial charge in [0.1, 0.15) is 0 Å². The minimum absolute atomic E-state index is 0.0141. The molecule has 2 amide bonds. The van der Waals surface area contributed by atoms with E-state index in [0.717, 1.165) is 43.4 Å². The highest BCUT2D eigenvalue weighted by Crippen LogP contribution is 2.44. The van der Waals surface area contributed by atoms with Crippen LogP contribution in [0.4, 0.5) is 5.69 Å². The lowest BCUT2D eigenvalue weighted by Gasteiger charge is -2.40. The van der Waals surface area contributed by atoms with Crippen LogP contribution >= 0.6 is 0 Å². The van der Waals surface area contributed by atoms with Crippen LogP contribution in [-0.2, 0) is 21.4 Å². The summed E-state index contributed by atoms with van der Waals surface area (Å²) in [6.45, 7) is 6.36. The van der Waals surface area contributed by atoms with E-state index in [-0.39, 0.29) is 11.8 Å². The Morgan fingerprint density at radius 3 is 2.17 bits per heavy atom. The van der Waals surface area contributed by atoms with E-state index >= 15 is 0 Å².